The molecule has 0 spiro atoms. The number of amides is 1. The average Bonchev–Trinajstić information content (AvgIpc) is 2.82. The van der Waals surface area contributed by atoms with Gasteiger partial charge in [-0.15, -0.1) is 0 Å². The smallest absolute Gasteiger partial charge is 0.463 e. The van der Waals surface area contributed by atoms with Crippen LogP contribution in [0.15, 0.2) is 60.7 Å². The van der Waals surface area contributed by atoms with Crippen LogP contribution >= 0.6 is 7.82 Å². The highest BCUT2D eigenvalue weighted by atomic mass is 31.2. The van der Waals surface area contributed by atoms with Crippen LogP contribution in [0.25, 0.3) is 0 Å². The van der Waals surface area contributed by atoms with E-state index < -0.39 is 56.4 Å². The highest BCUT2D eigenvalue weighted by molar-refractivity contribution is 7.49. The number of rotatable bonds is 10. The molecule has 1 aliphatic heterocycles. The van der Waals surface area contributed by atoms with Crippen LogP contribution in [0, 0.1) is 5.92 Å². The van der Waals surface area contributed by atoms with Gasteiger partial charge in [-0.3, -0.25) is 9.59 Å². The highest BCUT2D eigenvalue weighted by Gasteiger charge is 2.52. The third kappa shape index (κ3) is 8.21. The summed E-state index contributed by atoms with van der Waals surface area (Å²) in [6.45, 7) is 3.66. The van der Waals surface area contributed by atoms with Crippen molar-refractivity contribution >= 4 is 25.9 Å². The van der Waals surface area contributed by atoms with Gasteiger partial charge in [0.2, 0.25) is 6.29 Å². The Kier molecular flexibility index (Phi) is 9.51. The normalized spacial score (nSPS) is 23.4. The first-order chi connectivity index (χ1) is 17.6. The summed E-state index contributed by atoms with van der Waals surface area (Å²) in [4.78, 5) is 35.0. The molecule has 2 aromatic carbocycles. The number of carbonyl (C=O) groups is 3. The number of esters is 2. The van der Waals surface area contributed by atoms with Gasteiger partial charge in [0.1, 0.15) is 24.2 Å². The quantitative estimate of drug-likeness (QED) is 0.268. The van der Waals surface area contributed by atoms with Crippen molar-refractivity contribution in [3.05, 3.63) is 60.7 Å². The maximum absolute atomic E-state index is 13.9. The van der Waals surface area contributed by atoms with E-state index in [0.717, 1.165) is 6.92 Å². The highest BCUT2D eigenvalue weighted by Crippen LogP contribution is 2.52. The van der Waals surface area contributed by atoms with Crippen molar-refractivity contribution in [2.45, 2.75) is 45.4 Å². The summed E-state index contributed by atoms with van der Waals surface area (Å²) in [5.41, 5.74) is 5.25. The molecule has 1 amide bonds. The lowest BCUT2D eigenvalue weighted by atomic mass is 9.90. The lowest BCUT2D eigenvalue weighted by Gasteiger charge is -2.43. The van der Waals surface area contributed by atoms with E-state index in [1.807, 2.05) is 0 Å². The van der Waals surface area contributed by atoms with Crippen molar-refractivity contribution in [2.24, 2.45) is 11.7 Å². The summed E-state index contributed by atoms with van der Waals surface area (Å²) in [5.74, 6) is -1.75. The van der Waals surface area contributed by atoms with Crippen LogP contribution in [-0.4, -0.2) is 49.2 Å². The molecule has 1 fully saturated rings. The molecule has 0 bridgehead atoms. The number of carbonyl (C=O) groups excluding carboxylic acids is 3. The molecule has 1 aliphatic rings. The molecule has 12 nitrogen and oxygen atoms in total. The second-order valence-electron chi connectivity index (χ2n) is 8.04. The number of nitrogens with two attached hydrogens (primary N) is 1. The molecule has 0 saturated carbocycles. The molecule has 1 heterocycles. The first-order valence-corrected chi connectivity index (χ1v) is 12.7. The molecular formula is C24H28NO11P. The van der Waals surface area contributed by atoms with Crippen LogP contribution in [0.1, 0.15) is 20.8 Å². The Morgan fingerprint density at radius 1 is 0.865 bits per heavy atom. The zero-order valence-electron chi connectivity index (χ0n) is 20.4. The number of hydrogen-bond donors (Lipinski definition) is 1. The predicted octanol–water partition coefficient (Wildman–Crippen LogP) is 3.59. The summed E-state index contributed by atoms with van der Waals surface area (Å²) < 4.78 is 52.4. The fourth-order valence-corrected chi connectivity index (χ4v) is 4.85. The Morgan fingerprint density at radius 2 is 1.41 bits per heavy atom. The van der Waals surface area contributed by atoms with Crippen LogP contribution in [0.2, 0.25) is 0 Å². The minimum atomic E-state index is -4.55. The van der Waals surface area contributed by atoms with Gasteiger partial charge in [-0.05, 0) is 24.3 Å². The van der Waals surface area contributed by atoms with Crippen LogP contribution in [0.5, 0.6) is 11.5 Å². The molecule has 0 unspecified atom stereocenters. The first-order valence-electron chi connectivity index (χ1n) is 11.3. The Hall–Kier alpha value is -3.60. The fraction of sp³-hybridized carbons (Fsp3) is 0.375. The molecule has 200 valence electrons. The predicted molar refractivity (Wildman–Crippen MR) is 127 cm³/mol. The molecule has 0 aromatic heterocycles. The van der Waals surface area contributed by atoms with Gasteiger partial charge in [-0.25, -0.2) is 13.9 Å². The molecule has 3 rings (SSSR count). The van der Waals surface area contributed by atoms with E-state index in [0.29, 0.717) is 0 Å². The van der Waals surface area contributed by atoms with Crippen molar-refractivity contribution in [2.75, 3.05) is 6.61 Å². The summed E-state index contributed by atoms with van der Waals surface area (Å²) >= 11 is 0. The van der Waals surface area contributed by atoms with E-state index in [1.54, 1.807) is 43.3 Å². The molecule has 0 radical (unpaired) electrons. The first kappa shape index (κ1) is 28.0. The topological polar surface area (TPSA) is 159 Å². The van der Waals surface area contributed by atoms with Crippen LogP contribution < -0.4 is 14.8 Å². The van der Waals surface area contributed by atoms with E-state index in [2.05, 4.69) is 0 Å². The number of primary amides is 1. The summed E-state index contributed by atoms with van der Waals surface area (Å²) in [7, 11) is -4.55. The summed E-state index contributed by atoms with van der Waals surface area (Å²) in [5, 5.41) is 0. The monoisotopic (exact) mass is 537 g/mol. The van der Waals surface area contributed by atoms with Gasteiger partial charge in [0, 0.05) is 19.8 Å². The number of phosphoric acid groups is 1. The largest absolute Gasteiger partial charge is 0.590 e. The SMILES string of the molecule is CC(=O)OC[C@H]1O[C@H](OP(=O)(Oc2ccccc2)Oc2ccccc2)[C@@H](OC(C)=O)[C@@H](OC(N)=O)[C@@H]1C. The van der Waals surface area contributed by atoms with E-state index in [4.69, 9.17) is 38.3 Å². The number of benzene rings is 2. The van der Waals surface area contributed by atoms with Gasteiger partial charge in [-0.1, -0.05) is 43.3 Å². The van der Waals surface area contributed by atoms with Gasteiger partial charge in [0.15, 0.2) is 12.2 Å². The van der Waals surface area contributed by atoms with Crippen molar-refractivity contribution in [1.29, 1.82) is 0 Å². The third-order valence-corrected chi connectivity index (χ3v) is 6.50. The number of ether oxygens (including phenoxy) is 4. The van der Waals surface area contributed by atoms with Gasteiger partial charge in [0.25, 0.3) is 0 Å². The van der Waals surface area contributed by atoms with Crippen molar-refractivity contribution in [1.82, 2.24) is 0 Å². The standard InChI is InChI=1S/C24H28NO11P/c1-15-20(14-30-16(2)26)32-23(22(31-17(3)27)21(15)33-24(25)28)36-37(29,34-18-10-6-4-7-11-18)35-19-12-8-5-9-13-19/h4-13,15,20-23H,14H2,1-3H3,(H2,25,28)/t15-,20-,21+,22+,23-/m1/s1. The molecule has 13 heteroatoms. The number of phosphoric ester groups is 1. The van der Waals surface area contributed by atoms with Crippen LogP contribution in [0.3, 0.4) is 0 Å². The molecule has 2 N–H and O–H groups in total. The third-order valence-electron chi connectivity index (χ3n) is 5.16. The van der Waals surface area contributed by atoms with Gasteiger partial charge in [-0.2, -0.15) is 0 Å². The Morgan fingerprint density at radius 3 is 1.86 bits per heavy atom. The summed E-state index contributed by atoms with van der Waals surface area (Å²) in [6, 6.07) is 16.2. The molecule has 0 aliphatic carbocycles. The van der Waals surface area contributed by atoms with Gasteiger partial charge in [0.05, 0.1) is 0 Å². The van der Waals surface area contributed by atoms with Crippen LogP contribution in [0.4, 0.5) is 4.79 Å². The van der Waals surface area contributed by atoms with E-state index >= 15 is 0 Å². The van der Waals surface area contributed by atoms with Gasteiger partial charge < -0.3 is 33.7 Å². The van der Waals surface area contributed by atoms with Crippen molar-refractivity contribution < 1.29 is 51.5 Å². The van der Waals surface area contributed by atoms with Crippen molar-refractivity contribution in [3.63, 3.8) is 0 Å². The van der Waals surface area contributed by atoms with Crippen molar-refractivity contribution in [3.8, 4) is 11.5 Å². The fourth-order valence-electron chi connectivity index (χ4n) is 3.55. The maximum atomic E-state index is 13.9. The molecule has 1 saturated heterocycles. The molecule has 37 heavy (non-hydrogen) atoms. The Labute approximate surface area is 213 Å². The second-order valence-corrected chi connectivity index (χ2v) is 9.51. The minimum absolute atomic E-state index is 0.149. The molecule has 5 atom stereocenters. The molecular weight excluding hydrogens is 509 g/mol. The number of hydrogen-bond acceptors (Lipinski definition) is 11. The van der Waals surface area contributed by atoms with Gasteiger partial charge >= 0.3 is 25.9 Å². The maximum Gasteiger partial charge on any atom is 0.590 e. The Balaban J connectivity index is 1.98. The zero-order valence-corrected chi connectivity index (χ0v) is 21.3. The second kappa shape index (κ2) is 12.6. The van der Waals surface area contributed by atoms with E-state index in [-0.39, 0.29) is 18.1 Å². The minimum Gasteiger partial charge on any atom is -0.463 e. The zero-order chi connectivity index (χ0) is 27.0. The van der Waals surface area contributed by atoms with Crippen LogP contribution in [-0.2, 0) is 37.6 Å². The lowest BCUT2D eigenvalue weighted by molar-refractivity contribution is -0.269. The molecule has 2 aromatic rings. The Bertz CT molecular complexity index is 1070. The van der Waals surface area contributed by atoms with E-state index in [1.165, 1.54) is 31.2 Å². The number of para-hydroxylation sites is 2. The average molecular weight is 537 g/mol. The van der Waals surface area contributed by atoms with E-state index in [9.17, 15) is 18.9 Å². The summed E-state index contributed by atoms with van der Waals surface area (Å²) in [6.07, 6.45) is -6.40. The lowest BCUT2D eigenvalue weighted by Crippen LogP contribution is -2.58.